The normalized spacial score (nSPS) is 27.7. The van der Waals surface area contributed by atoms with Gasteiger partial charge in [0.05, 0.1) is 12.7 Å². The largest absolute Gasteiger partial charge is 0.497 e. The average Bonchev–Trinajstić information content (AvgIpc) is 2.83. The number of rotatable bonds is 3. The topological polar surface area (TPSA) is 38.3 Å². The third-order valence-electron chi connectivity index (χ3n) is 4.60. The molecular formula is C16H18F3NO2. The van der Waals surface area contributed by atoms with Crippen LogP contribution in [0.4, 0.5) is 13.2 Å². The first-order chi connectivity index (χ1) is 10.4. The minimum Gasteiger partial charge on any atom is -0.497 e. The van der Waals surface area contributed by atoms with Gasteiger partial charge >= 0.3 is 6.18 Å². The van der Waals surface area contributed by atoms with Gasteiger partial charge in [0.2, 0.25) is 0 Å². The molecule has 2 saturated heterocycles. The first-order valence-electron chi connectivity index (χ1n) is 7.43. The molecule has 22 heavy (non-hydrogen) atoms. The summed E-state index contributed by atoms with van der Waals surface area (Å²) in [5, 5.41) is 3.43. The molecule has 2 atom stereocenters. The lowest BCUT2D eigenvalue weighted by atomic mass is 9.85. The first kappa shape index (κ1) is 15.3. The standard InChI is InChI=1S/C16H18F3NO2/c1-22-14-7-9(4-11(8-14)16(17,18)19)15(21)10-5-12-2-3-13(6-10)20-12/h4,7-8,10,12-13,20H,2-3,5-6H2,1H3. The fraction of sp³-hybridized carbons (Fsp3) is 0.562. The van der Waals surface area contributed by atoms with Gasteiger partial charge in [-0.25, -0.2) is 0 Å². The van der Waals surface area contributed by atoms with E-state index in [0.29, 0.717) is 24.9 Å². The summed E-state index contributed by atoms with van der Waals surface area (Å²) in [6.45, 7) is 0. The molecule has 2 heterocycles. The molecule has 0 radical (unpaired) electrons. The summed E-state index contributed by atoms with van der Waals surface area (Å²) in [6, 6.07) is 3.90. The molecule has 2 unspecified atom stereocenters. The van der Waals surface area contributed by atoms with Crippen LogP contribution in [-0.4, -0.2) is 25.0 Å². The molecule has 1 aromatic rings. The van der Waals surface area contributed by atoms with Crippen molar-refractivity contribution >= 4 is 5.78 Å². The van der Waals surface area contributed by atoms with Gasteiger partial charge in [0, 0.05) is 23.6 Å². The van der Waals surface area contributed by atoms with Crippen molar-refractivity contribution in [3.63, 3.8) is 0 Å². The summed E-state index contributed by atoms with van der Waals surface area (Å²) in [4.78, 5) is 12.6. The molecule has 0 saturated carbocycles. The molecule has 1 N–H and O–H groups in total. The quantitative estimate of drug-likeness (QED) is 0.869. The van der Waals surface area contributed by atoms with Gasteiger partial charge in [-0.3, -0.25) is 4.79 Å². The minimum atomic E-state index is -4.49. The number of hydrogen-bond donors (Lipinski definition) is 1. The summed E-state index contributed by atoms with van der Waals surface area (Å²) >= 11 is 0. The number of ether oxygens (including phenoxy) is 1. The number of carbonyl (C=O) groups excluding carboxylic acids is 1. The van der Waals surface area contributed by atoms with Crippen molar-refractivity contribution in [3.8, 4) is 5.75 Å². The molecular weight excluding hydrogens is 295 g/mol. The zero-order chi connectivity index (χ0) is 15.9. The Hall–Kier alpha value is -1.56. The van der Waals surface area contributed by atoms with Gasteiger partial charge in [-0.1, -0.05) is 0 Å². The SMILES string of the molecule is COc1cc(C(=O)C2CC3CCC(C2)N3)cc(C(F)(F)F)c1. The zero-order valence-electron chi connectivity index (χ0n) is 12.2. The molecule has 0 spiro atoms. The molecule has 6 heteroatoms. The highest BCUT2D eigenvalue weighted by atomic mass is 19.4. The number of hydrogen-bond acceptors (Lipinski definition) is 3. The number of piperidine rings is 1. The molecule has 2 aliphatic heterocycles. The summed E-state index contributed by atoms with van der Waals surface area (Å²) < 4.78 is 43.8. The van der Waals surface area contributed by atoms with Crippen molar-refractivity contribution in [2.45, 2.75) is 43.9 Å². The average molecular weight is 313 g/mol. The van der Waals surface area contributed by atoms with E-state index in [1.165, 1.54) is 13.2 Å². The van der Waals surface area contributed by atoms with E-state index in [1.54, 1.807) is 0 Å². The lowest BCUT2D eigenvalue weighted by Crippen LogP contribution is -2.40. The van der Waals surface area contributed by atoms with Crippen LogP contribution in [0.3, 0.4) is 0 Å². The van der Waals surface area contributed by atoms with Crippen LogP contribution in [-0.2, 0) is 6.18 Å². The van der Waals surface area contributed by atoms with Crippen LogP contribution < -0.4 is 10.1 Å². The number of nitrogens with one attached hydrogen (secondary N) is 1. The lowest BCUT2D eigenvalue weighted by molar-refractivity contribution is -0.137. The Labute approximate surface area is 126 Å². The van der Waals surface area contributed by atoms with Crippen LogP contribution in [0, 0.1) is 5.92 Å². The fourth-order valence-corrected chi connectivity index (χ4v) is 3.53. The van der Waals surface area contributed by atoms with Gasteiger partial charge in [0.15, 0.2) is 5.78 Å². The summed E-state index contributed by atoms with van der Waals surface area (Å²) in [5.74, 6) is -0.343. The highest BCUT2D eigenvalue weighted by molar-refractivity contribution is 5.98. The van der Waals surface area contributed by atoms with E-state index in [2.05, 4.69) is 5.32 Å². The highest BCUT2D eigenvalue weighted by Crippen LogP contribution is 2.36. The van der Waals surface area contributed by atoms with E-state index in [4.69, 9.17) is 4.74 Å². The van der Waals surface area contributed by atoms with Gasteiger partial charge in [-0.15, -0.1) is 0 Å². The van der Waals surface area contributed by atoms with Gasteiger partial charge in [-0.2, -0.15) is 13.2 Å². The lowest BCUT2D eigenvalue weighted by Gasteiger charge is -2.28. The second kappa shape index (κ2) is 5.57. The van der Waals surface area contributed by atoms with E-state index in [1.807, 2.05) is 0 Å². The van der Waals surface area contributed by atoms with E-state index in [0.717, 1.165) is 25.0 Å². The fourth-order valence-electron chi connectivity index (χ4n) is 3.53. The number of carbonyl (C=O) groups is 1. The summed E-state index contributed by atoms with van der Waals surface area (Å²) in [6.07, 6.45) is -1.00. The van der Waals surface area contributed by atoms with Crippen LogP contribution in [0.25, 0.3) is 0 Å². The van der Waals surface area contributed by atoms with E-state index in [-0.39, 0.29) is 23.0 Å². The van der Waals surface area contributed by atoms with Crippen LogP contribution in [0.15, 0.2) is 18.2 Å². The third-order valence-corrected chi connectivity index (χ3v) is 4.60. The predicted molar refractivity (Wildman–Crippen MR) is 75.0 cm³/mol. The Morgan fingerprint density at radius 2 is 1.82 bits per heavy atom. The number of benzene rings is 1. The molecule has 0 aliphatic carbocycles. The molecule has 2 aliphatic rings. The Balaban J connectivity index is 1.88. The number of ketones is 1. The van der Waals surface area contributed by atoms with E-state index >= 15 is 0 Å². The molecule has 2 fully saturated rings. The van der Waals surface area contributed by atoms with Crippen LogP contribution in [0.5, 0.6) is 5.75 Å². The van der Waals surface area contributed by atoms with Crippen molar-refractivity contribution in [3.05, 3.63) is 29.3 Å². The third kappa shape index (κ3) is 2.97. The van der Waals surface area contributed by atoms with E-state index < -0.39 is 11.7 Å². The van der Waals surface area contributed by atoms with Crippen molar-refractivity contribution in [2.24, 2.45) is 5.92 Å². The zero-order valence-corrected chi connectivity index (χ0v) is 12.2. The highest BCUT2D eigenvalue weighted by Gasteiger charge is 2.38. The Morgan fingerprint density at radius 3 is 2.36 bits per heavy atom. The smallest absolute Gasteiger partial charge is 0.416 e. The van der Waals surface area contributed by atoms with Gasteiger partial charge in [0.25, 0.3) is 0 Å². The second-order valence-electron chi connectivity index (χ2n) is 6.12. The Morgan fingerprint density at radius 1 is 1.18 bits per heavy atom. The Kier molecular flexibility index (Phi) is 3.89. The molecule has 0 aromatic heterocycles. The maximum absolute atomic E-state index is 12.9. The molecule has 2 bridgehead atoms. The molecule has 3 rings (SSSR count). The molecule has 120 valence electrons. The van der Waals surface area contributed by atoms with Crippen LogP contribution >= 0.6 is 0 Å². The number of halogens is 3. The molecule has 0 amide bonds. The van der Waals surface area contributed by atoms with Gasteiger partial charge < -0.3 is 10.1 Å². The number of fused-ring (bicyclic) bond motifs is 2. The molecule has 3 nitrogen and oxygen atoms in total. The number of alkyl halides is 3. The monoisotopic (exact) mass is 313 g/mol. The summed E-state index contributed by atoms with van der Waals surface area (Å²) in [5.41, 5.74) is -0.745. The van der Waals surface area contributed by atoms with Gasteiger partial charge in [0.1, 0.15) is 5.75 Å². The molecule has 1 aromatic carbocycles. The second-order valence-corrected chi connectivity index (χ2v) is 6.12. The van der Waals surface area contributed by atoms with Crippen molar-refractivity contribution < 1.29 is 22.7 Å². The number of methoxy groups -OCH3 is 1. The van der Waals surface area contributed by atoms with Crippen molar-refractivity contribution in [2.75, 3.05) is 7.11 Å². The van der Waals surface area contributed by atoms with E-state index in [9.17, 15) is 18.0 Å². The van der Waals surface area contributed by atoms with Crippen LogP contribution in [0.1, 0.15) is 41.6 Å². The summed E-state index contributed by atoms with van der Waals surface area (Å²) in [7, 11) is 1.30. The van der Waals surface area contributed by atoms with Crippen molar-refractivity contribution in [1.82, 2.24) is 5.32 Å². The van der Waals surface area contributed by atoms with Crippen LogP contribution in [0.2, 0.25) is 0 Å². The minimum absolute atomic E-state index is 0.0649. The maximum atomic E-state index is 12.9. The van der Waals surface area contributed by atoms with Gasteiger partial charge in [-0.05, 0) is 43.9 Å². The maximum Gasteiger partial charge on any atom is 0.416 e. The number of Topliss-reactive ketones (excluding diaryl/α,β-unsaturated/α-hetero) is 1. The Bertz CT molecular complexity index is 573. The van der Waals surface area contributed by atoms with Crippen molar-refractivity contribution in [1.29, 1.82) is 0 Å². The predicted octanol–water partition coefficient (Wildman–Crippen LogP) is 3.43. The first-order valence-corrected chi connectivity index (χ1v) is 7.43.